The van der Waals surface area contributed by atoms with E-state index in [-0.39, 0.29) is 11.3 Å². The number of nitrogens with one attached hydrogen (secondary N) is 2. The molecule has 1 aliphatic heterocycles. The van der Waals surface area contributed by atoms with Gasteiger partial charge in [0.2, 0.25) is 5.91 Å². The molecule has 0 saturated carbocycles. The maximum Gasteiger partial charge on any atom is 0.227 e. The summed E-state index contributed by atoms with van der Waals surface area (Å²) in [6, 6.07) is 4.07. The standard InChI is InChI=1S/C19H27N5O/c1-20-18(25)19(7-2-5-16-6-3-9-21-13-16)8-4-12-24(15-19)14-17-22-10-11-23-17/h3,6,9-11,13H,2,4-5,7-8,12,14-15H2,1H3,(H,20,25)(H,22,23)/t19-/m0/s1. The van der Waals surface area contributed by atoms with E-state index in [1.54, 1.807) is 19.4 Å². The molecule has 1 amide bonds. The first-order valence-electron chi connectivity index (χ1n) is 9.03. The predicted molar refractivity (Wildman–Crippen MR) is 96.8 cm³/mol. The highest BCUT2D eigenvalue weighted by molar-refractivity contribution is 5.82. The van der Waals surface area contributed by atoms with Crippen LogP contribution in [0, 0.1) is 5.41 Å². The van der Waals surface area contributed by atoms with Crippen molar-refractivity contribution in [2.24, 2.45) is 5.41 Å². The second-order valence-corrected chi connectivity index (χ2v) is 6.92. The third-order valence-corrected chi connectivity index (χ3v) is 5.14. The molecule has 1 atom stereocenters. The van der Waals surface area contributed by atoms with Crippen LogP contribution in [-0.4, -0.2) is 45.9 Å². The number of H-pyrrole nitrogens is 1. The van der Waals surface area contributed by atoms with Crippen molar-refractivity contribution in [2.45, 2.75) is 38.6 Å². The summed E-state index contributed by atoms with van der Waals surface area (Å²) in [6.07, 6.45) is 12.2. The van der Waals surface area contributed by atoms with Crippen molar-refractivity contribution in [3.8, 4) is 0 Å². The second-order valence-electron chi connectivity index (χ2n) is 6.92. The van der Waals surface area contributed by atoms with Gasteiger partial charge in [0.05, 0.1) is 12.0 Å². The Hall–Kier alpha value is -2.21. The van der Waals surface area contributed by atoms with Crippen LogP contribution in [0.25, 0.3) is 0 Å². The SMILES string of the molecule is CNC(=O)[C@@]1(CCCc2cccnc2)CCCN(Cc2ncc[nH]2)C1. The summed E-state index contributed by atoms with van der Waals surface area (Å²) in [5, 5.41) is 2.90. The summed E-state index contributed by atoms with van der Waals surface area (Å²) in [5.74, 6) is 1.13. The van der Waals surface area contributed by atoms with Gasteiger partial charge in [-0.3, -0.25) is 14.7 Å². The Labute approximate surface area is 149 Å². The number of hydrogen-bond acceptors (Lipinski definition) is 4. The van der Waals surface area contributed by atoms with Crippen LogP contribution < -0.4 is 5.32 Å². The number of piperidine rings is 1. The zero-order valence-corrected chi connectivity index (χ0v) is 14.9. The van der Waals surface area contributed by atoms with Crippen LogP contribution in [0.2, 0.25) is 0 Å². The predicted octanol–water partition coefficient (Wildman–Crippen LogP) is 2.16. The molecule has 0 radical (unpaired) electrons. The number of aryl methyl sites for hydroxylation is 1. The van der Waals surface area contributed by atoms with Crippen LogP contribution >= 0.6 is 0 Å². The number of hydrogen-bond donors (Lipinski definition) is 2. The number of carbonyl (C=O) groups excluding carboxylic acids is 1. The van der Waals surface area contributed by atoms with Gasteiger partial charge in [-0.05, 0) is 50.3 Å². The topological polar surface area (TPSA) is 73.9 Å². The molecule has 0 spiro atoms. The van der Waals surface area contributed by atoms with Crippen molar-refractivity contribution in [2.75, 3.05) is 20.1 Å². The van der Waals surface area contributed by atoms with Gasteiger partial charge in [0.15, 0.2) is 0 Å². The summed E-state index contributed by atoms with van der Waals surface area (Å²) >= 11 is 0. The van der Waals surface area contributed by atoms with E-state index in [0.717, 1.165) is 57.6 Å². The number of amides is 1. The van der Waals surface area contributed by atoms with Crippen LogP contribution in [-0.2, 0) is 17.8 Å². The van der Waals surface area contributed by atoms with E-state index in [1.807, 2.05) is 18.5 Å². The number of likely N-dealkylation sites (tertiary alicyclic amines) is 1. The summed E-state index contributed by atoms with van der Waals surface area (Å²) in [5.41, 5.74) is 0.930. The van der Waals surface area contributed by atoms with Gasteiger partial charge in [0, 0.05) is 38.4 Å². The average molecular weight is 341 g/mol. The molecule has 0 aromatic carbocycles. The van der Waals surface area contributed by atoms with Crippen molar-refractivity contribution in [1.29, 1.82) is 0 Å². The summed E-state index contributed by atoms with van der Waals surface area (Å²) in [6.45, 7) is 2.58. The smallest absolute Gasteiger partial charge is 0.227 e. The largest absolute Gasteiger partial charge is 0.359 e. The van der Waals surface area contributed by atoms with Crippen molar-refractivity contribution < 1.29 is 4.79 Å². The highest BCUT2D eigenvalue weighted by Gasteiger charge is 2.41. The minimum absolute atomic E-state index is 0.169. The lowest BCUT2D eigenvalue weighted by Gasteiger charge is -2.41. The minimum atomic E-state index is -0.304. The first-order valence-corrected chi connectivity index (χ1v) is 9.03. The van der Waals surface area contributed by atoms with Gasteiger partial charge >= 0.3 is 0 Å². The van der Waals surface area contributed by atoms with Crippen LogP contribution in [0.1, 0.15) is 37.1 Å². The number of aromatic nitrogens is 3. The number of imidazole rings is 1. The molecule has 2 aromatic rings. The molecule has 1 aliphatic rings. The third kappa shape index (κ3) is 4.45. The van der Waals surface area contributed by atoms with Gasteiger partial charge in [-0.1, -0.05) is 6.07 Å². The molecule has 0 bridgehead atoms. The second kappa shape index (κ2) is 8.25. The normalized spacial score (nSPS) is 21.2. The molecule has 2 N–H and O–H groups in total. The highest BCUT2D eigenvalue weighted by Crippen LogP contribution is 2.36. The zero-order valence-electron chi connectivity index (χ0n) is 14.9. The Morgan fingerprint density at radius 1 is 1.44 bits per heavy atom. The molecule has 0 unspecified atom stereocenters. The summed E-state index contributed by atoms with van der Waals surface area (Å²) < 4.78 is 0. The Kier molecular flexibility index (Phi) is 5.81. The number of pyridine rings is 1. The van der Waals surface area contributed by atoms with Gasteiger partial charge in [0.1, 0.15) is 5.82 Å². The van der Waals surface area contributed by atoms with E-state index >= 15 is 0 Å². The molecular weight excluding hydrogens is 314 g/mol. The Morgan fingerprint density at radius 3 is 3.08 bits per heavy atom. The zero-order chi connectivity index (χ0) is 17.5. The third-order valence-electron chi connectivity index (χ3n) is 5.14. The first kappa shape index (κ1) is 17.6. The molecule has 134 valence electrons. The molecule has 25 heavy (non-hydrogen) atoms. The Morgan fingerprint density at radius 2 is 2.36 bits per heavy atom. The summed E-state index contributed by atoms with van der Waals surface area (Å²) in [7, 11) is 1.75. The molecule has 1 fully saturated rings. The molecular formula is C19H27N5O. The number of nitrogens with zero attached hydrogens (tertiary/aromatic N) is 3. The van der Waals surface area contributed by atoms with E-state index in [4.69, 9.17) is 0 Å². The monoisotopic (exact) mass is 341 g/mol. The fraction of sp³-hybridized carbons (Fsp3) is 0.526. The molecule has 6 heteroatoms. The fourth-order valence-corrected chi connectivity index (χ4v) is 3.90. The Balaban J connectivity index is 1.64. The lowest BCUT2D eigenvalue weighted by atomic mass is 9.74. The van der Waals surface area contributed by atoms with Crippen molar-refractivity contribution in [3.05, 3.63) is 48.3 Å². The van der Waals surface area contributed by atoms with Gasteiger partial charge < -0.3 is 10.3 Å². The highest BCUT2D eigenvalue weighted by atomic mass is 16.2. The van der Waals surface area contributed by atoms with Crippen LogP contribution in [0.5, 0.6) is 0 Å². The van der Waals surface area contributed by atoms with Crippen molar-refractivity contribution in [3.63, 3.8) is 0 Å². The number of carbonyl (C=O) groups is 1. The van der Waals surface area contributed by atoms with Crippen molar-refractivity contribution in [1.82, 2.24) is 25.2 Å². The molecule has 3 rings (SSSR count). The molecule has 6 nitrogen and oxygen atoms in total. The van der Waals surface area contributed by atoms with E-state index in [2.05, 4.69) is 31.2 Å². The molecule has 0 aliphatic carbocycles. The lowest BCUT2D eigenvalue weighted by molar-refractivity contribution is -0.134. The fourth-order valence-electron chi connectivity index (χ4n) is 3.90. The van der Waals surface area contributed by atoms with E-state index in [1.165, 1.54) is 5.56 Å². The maximum atomic E-state index is 12.7. The summed E-state index contributed by atoms with van der Waals surface area (Å²) in [4.78, 5) is 26.7. The van der Waals surface area contributed by atoms with Gasteiger partial charge in [-0.15, -0.1) is 0 Å². The number of rotatable bonds is 7. The minimum Gasteiger partial charge on any atom is -0.359 e. The average Bonchev–Trinajstić information content (AvgIpc) is 3.15. The Bertz CT molecular complexity index is 658. The van der Waals surface area contributed by atoms with Gasteiger partial charge in [-0.2, -0.15) is 0 Å². The van der Waals surface area contributed by atoms with Gasteiger partial charge in [0.25, 0.3) is 0 Å². The molecule has 1 saturated heterocycles. The van der Waals surface area contributed by atoms with E-state index in [0.29, 0.717) is 0 Å². The quantitative estimate of drug-likeness (QED) is 0.809. The van der Waals surface area contributed by atoms with Crippen LogP contribution in [0.4, 0.5) is 0 Å². The molecule has 2 aromatic heterocycles. The lowest BCUT2D eigenvalue weighted by Crippen LogP contribution is -2.51. The van der Waals surface area contributed by atoms with Crippen molar-refractivity contribution >= 4 is 5.91 Å². The first-order chi connectivity index (χ1) is 12.2. The maximum absolute atomic E-state index is 12.7. The molecule has 3 heterocycles. The van der Waals surface area contributed by atoms with E-state index in [9.17, 15) is 4.79 Å². The van der Waals surface area contributed by atoms with Crippen LogP contribution in [0.15, 0.2) is 36.9 Å². The van der Waals surface area contributed by atoms with Gasteiger partial charge in [-0.25, -0.2) is 4.98 Å². The number of aromatic amines is 1. The van der Waals surface area contributed by atoms with E-state index < -0.39 is 0 Å². The van der Waals surface area contributed by atoms with Crippen LogP contribution in [0.3, 0.4) is 0 Å².